The van der Waals surface area contributed by atoms with Crippen LogP contribution in [0.4, 0.5) is 4.39 Å². The molecule has 9 heteroatoms. The second-order valence-electron chi connectivity index (χ2n) is 5.36. The normalized spacial score (nSPS) is 13.4. The predicted molar refractivity (Wildman–Crippen MR) is 94.7 cm³/mol. The number of imidazole rings is 1. The monoisotopic (exact) mass is 379 g/mol. The molecule has 0 aliphatic heterocycles. The van der Waals surface area contributed by atoms with E-state index in [9.17, 15) is 8.94 Å². The maximum Gasteiger partial charge on any atom is 0.322 e. The Bertz CT molecular complexity index is 903. The SMILES string of the molecule is COc1ccnc(C[S@@+]([O-])c2nc3cc(OC(C)F)ccc3[nH]2)c1OC. The molecule has 2 heterocycles. The van der Waals surface area contributed by atoms with E-state index < -0.39 is 17.5 Å². The molecule has 0 bridgehead atoms. The van der Waals surface area contributed by atoms with E-state index in [0.29, 0.717) is 34.0 Å². The third-order valence-corrected chi connectivity index (χ3v) is 4.74. The zero-order chi connectivity index (χ0) is 18.7. The van der Waals surface area contributed by atoms with Gasteiger partial charge in [0.1, 0.15) is 11.4 Å². The lowest BCUT2D eigenvalue weighted by Gasteiger charge is -2.12. The third-order valence-electron chi connectivity index (χ3n) is 3.58. The number of methoxy groups -OCH3 is 2. The van der Waals surface area contributed by atoms with E-state index in [1.165, 1.54) is 21.1 Å². The molecule has 3 aromatic rings. The molecule has 1 N–H and O–H groups in total. The van der Waals surface area contributed by atoms with Crippen molar-refractivity contribution in [2.75, 3.05) is 14.2 Å². The van der Waals surface area contributed by atoms with Gasteiger partial charge >= 0.3 is 5.16 Å². The zero-order valence-electron chi connectivity index (χ0n) is 14.5. The number of nitrogens with zero attached hydrogens (tertiary/aromatic N) is 2. The maximum absolute atomic E-state index is 13.0. The Hall–Kier alpha value is -2.52. The molecule has 3 rings (SSSR count). The zero-order valence-corrected chi connectivity index (χ0v) is 15.3. The molecule has 26 heavy (non-hydrogen) atoms. The highest BCUT2D eigenvalue weighted by Crippen LogP contribution is 2.31. The highest BCUT2D eigenvalue weighted by molar-refractivity contribution is 7.90. The van der Waals surface area contributed by atoms with Crippen LogP contribution in [-0.4, -0.2) is 40.1 Å². The topological polar surface area (TPSA) is 92.3 Å². The summed E-state index contributed by atoms with van der Waals surface area (Å²) >= 11 is -1.49. The first kappa shape index (κ1) is 18.3. The summed E-state index contributed by atoms with van der Waals surface area (Å²) in [6.45, 7) is 1.30. The minimum absolute atomic E-state index is 0.102. The van der Waals surface area contributed by atoms with E-state index in [-0.39, 0.29) is 10.9 Å². The van der Waals surface area contributed by atoms with E-state index in [2.05, 4.69) is 15.0 Å². The summed E-state index contributed by atoms with van der Waals surface area (Å²) in [5.74, 6) is 1.41. The standard InChI is InChI=1S/C17H18FN3O4S/c1-10(18)25-11-4-5-12-13(8-11)21-17(20-12)26(22)9-14-16(24-3)15(23-2)6-7-19-14/h4-8,10H,9H2,1-3H3,(H,20,21)/t10?,26-/m1/s1. The van der Waals surface area contributed by atoms with Gasteiger partial charge < -0.3 is 18.8 Å². The molecule has 0 saturated heterocycles. The third kappa shape index (κ3) is 3.83. The first-order chi connectivity index (χ1) is 12.5. The Morgan fingerprint density at radius 3 is 2.77 bits per heavy atom. The van der Waals surface area contributed by atoms with Crippen LogP contribution in [0.25, 0.3) is 11.0 Å². The summed E-state index contributed by atoms with van der Waals surface area (Å²) in [5, 5.41) is 0.289. The number of halogens is 1. The van der Waals surface area contributed by atoms with Gasteiger partial charge in [-0.1, -0.05) is 0 Å². The summed E-state index contributed by atoms with van der Waals surface area (Å²) in [4.78, 5) is 11.5. The summed E-state index contributed by atoms with van der Waals surface area (Å²) in [5.41, 5.74) is 1.72. The van der Waals surface area contributed by atoms with Crippen molar-refractivity contribution in [2.24, 2.45) is 0 Å². The molecular formula is C17H18FN3O4S. The van der Waals surface area contributed by atoms with Crippen molar-refractivity contribution in [3.05, 3.63) is 36.2 Å². The Morgan fingerprint density at radius 1 is 1.27 bits per heavy atom. The molecule has 2 atom stereocenters. The van der Waals surface area contributed by atoms with Gasteiger partial charge in [0, 0.05) is 36.4 Å². The van der Waals surface area contributed by atoms with Crippen LogP contribution >= 0.6 is 0 Å². The number of aromatic nitrogens is 3. The molecule has 0 radical (unpaired) electrons. The Kier molecular flexibility index (Phi) is 5.48. The molecule has 2 aromatic heterocycles. The van der Waals surface area contributed by atoms with E-state index in [4.69, 9.17) is 14.2 Å². The van der Waals surface area contributed by atoms with Gasteiger partial charge in [0.15, 0.2) is 17.3 Å². The average Bonchev–Trinajstić information content (AvgIpc) is 3.04. The number of nitrogens with one attached hydrogen (secondary N) is 1. The van der Waals surface area contributed by atoms with Gasteiger partial charge in [0.05, 0.1) is 25.3 Å². The lowest BCUT2D eigenvalue weighted by molar-refractivity contribution is 0.0862. The van der Waals surface area contributed by atoms with Crippen LogP contribution in [0.5, 0.6) is 17.2 Å². The highest BCUT2D eigenvalue weighted by atomic mass is 32.2. The number of aromatic amines is 1. The van der Waals surface area contributed by atoms with E-state index in [1.54, 1.807) is 30.5 Å². The van der Waals surface area contributed by atoms with Gasteiger partial charge in [0.2, 0.25) is 6.36 Å². The maximum atomic E-state index is 13.0. The fourth-order valence-electron chi connectivity index (χ4n) is 2.48. The first-order valence-electron chi connectivity index (χ1n) is 7.76. The number of hydrogen-bond acceptors (Lipinski definition) is 6. The minimum Gasteiger partial charge on any atom is -0.609 e. The van der Waals surface area contributed by atoms with Crippen LogP contribution in [0, 0.1) is 0 Å². The summed E-state index contributed by atoms with van der Waals surface area (Å²) in [6, 6.07) is 6.58. The summed E-state index contributed by atoms with van der Waals surface area (Å²) in [6.07, 6.45) is 0.139. The second-order valence-corrected chi connectivity index (χ2v) is 6.73. The van der Waals surface area contributed by atoms with Gasteiger partial charge in [-0.05, 0) is 12.1 Å². The summed E-state index contributed by atoms with van der Waals surface area (Å²) < 4.78 is 41.2. The molecule has 1 unspecified atom stereocenters. The number of benzene rings is 1. The first-order valence-corrected chi connectivity index (χ1v) is 9.08. The smallest absolute Gasteiger partial charge is 0.322 e. The molecule has 0 spiro atoms. The number of alkyl halides is 1. The predicted octanol–water partition coefficient (Wildman–Crippen LogP) is 2.98. The van der Waals surface area contributed by atoms with Gasteiger partial charge in [-0.15, -0.1) is 0 Å². The number of ether oxygens (including phenoxy) is 3. The van der Waals surface area contributed by atoms with Crippen molar-refractivity contribution in [3.63, 3.8) is 0 Å². The fourth-order valence-corrected chi connectivity index (χ4v) is 3.49. The highest BCUT2D eigenvalue weighted by Gasteiger charge is 2.22. The lowest BCUT2D eigenvalue weighted by atomic mass is 10.3. The fraction of sp³-hybridized carbons (Fsp3) is 0.294. The van der Waals surface area contributed by atoms with Gasteiger partial charge in [-0.3, -0.25) is 9.97 Å². The quantitative estimate of drug-likeness (QED) is 0.635. The van der Waals surface area contributed by atoms with Crippen molar-refractivity contribution in [2.45, 2.75) is 24.2 Å². The Balaban J connectivity index is 1.85. The van der Waals surface area contributed by atoms with Gasteiger partial charge in [0.25, 0.3) is 0 Å². The number of fused-ring (bicyclic) bond motifs is 1. The van der Waals surface area contributed by atoms with Gasteiger partial charge in [-0.25, -0.2) is 4.39 Å². The van der Waals surface area contributed by atoms with Gasteiger partial charge in [-0.2, -0.15) is 4.98 Å². The van der Waals surface area contributed by atoms with E-state index >= 15 is 0 Å². The molecule has 0 fully saturated rings. The van der Waals surface area contributed by atoms with Crippen LogP contribution in [0.3, 0.4) is 0 Å². The number of pyridine rings is 1. The van der Waals surface area contributed by atoms with Crippen molar-refractivity contribution >= 4 is 22.2 Å². The second kappa shape index (κ2) is 7.79. The molecule has 1 aromatic carbocycles. The van der Waals surface area contributed by atoms with Crippen molar-refractivity contribution in [3.8, 4) is 17.2 Å². The molecular weight excluding hydrogens is 361 g/mol. The van der Waals surface area contributed by atoms with Crippen molar-refractivity contribution in [1.82, 2.24) is 15.0 Å². The molecule has 0 aliphatic rings. The lowest BCUT2D eigenvalue weighted by Crippen LogP contribution is -2.10. The van der Waals surface area contributed by atoms with E-state index in [0.717, 1.165) is 0 Å². The minimum atomic E-state index is -1.49. The van der Waals surface area contributed by atoms with Crippen molar-refractivity contribution in [1.29, 1.82) is 0 Å². The molecule has 138 valence electrons. The number of hydrogen-bond donors (Lipinski definition) is 1. The average molecular weight is 379 g/mol. The molecule has 0 aliphatic carbocycles. The molecule has 0 amide bonds. The number of H-pyrrole nitrogens is 1. The Morgan fingerprint density at radius 2 is 2.08 bits per heavy atom. The summed E-state index contributed by atoms with van der Waals surface area (Å²) in [7, 11) is 3.02. The van der Waals surface area contributed by atoms with E-state index in [1.807, 2.05) is 0 Å². The van der Waals surface area contributed by atoms with Crippen LogP contribution < -0.4 is 14.2 Å². The van der Waals surface area contributed by atoms with Crippen LogP contribution in [0.2, 0.25) is 0 Å². The van der Waals surface area contributed by atoms with Crippen LogP contribution in [0.15, 0.2) is 35.6 Å². The number of rotatable bonds is 7. The molecule has 0 saturated carbocycles. The Labute approximate surface area is 152 Å². The largest absolute Gasteiger partial charge is 0.609 e. The van der Waals surface area contributed by atoms with Crippen LogP contribution in [0.1, 0.15) is 12.6 Å². The van der Waals surface area contributed by atoms with Crippen molar-refractivity contribution < 1.29 is 23.2 Å². The molecule has 7 nitrogen and oxygen atoms in total. The van der Waals surface area contributed by atoms with Crippen LogP contribution in [-0.2, 0) is 16.9 Å².